The molecular formula is C11H10BrClF2O2. The maximum Gasteiger partial charge on any atom is 0.387 e. The van der Waals surface area contributed by atoms with Crippen molar-refractivity contribution >= 4 is 33.3 Å². The number of carbonyl (C=O) groups is 1. The predicted octanol–water partition coefficient (Wildman–Crippen LogP) is 3.99. The van der Waals surface area contributed by atoms with Crippen molar-refractivity contribution < 1.29 is 18.3 Å². The minimum atomic E-state index is -2.91. The van der Waals surface area contributed by atoms with Gasteiger partial charge in [-0.3, -0.25) is 4.79 Å². The summed E-state index contributed by atoms with van der Waals surface area (Å²) >= 11 is 8.64. The molecule has 0 radical (unpaired) electrons. The molecule has 0 amide bonds. The average Bonchev–Trinajstić information content (AvgIpc) is 2.28. The maximum absolute atomic E-state index is 12.2. The standard InChI is InChI=1S/C11H10BrClF2O2/c12-6-8-7(9(16)4-5-13)2-1-3-10(8)17-11(14)15/h1-3,11H,4-6H2. The molecule has 0 aromatic heterocycles. The summed E-state index contributed by atoms with van der Waals surface area (Å²) in [4.78, 5) is 11.7. The first-order valence-electron chi connectivity index (χ1n) is 4.82. The fourth-order valence-corrected chi connectivity index (χ4v) is 2.14. The molecule has 0 aliphatic carbocycles. The van der Waals surface area contributed by atoms with Gasteiger partial charge >= 0.3 is 6.61 Å². The van der Waals surface area contributed by atoms with E-state index in [1.807, 2.05) is 0 Å². The predicted molar refractivity (Wildman–Crippen MR) is 65.4 cm³/mol. The van der Waals surface area contributed by atoms with Gasteiger partial charge in [-0.25, -0.2) is 0 Å². The first-order chi connectivity index (χ1) is 8.10. The van der Waals surface area contributed by atoms with Crippen LogP contribution in [0.25, 0.3) is 0 Å². The lowest BCUT2D eigenvalue weighted by Gasteiger charge is -2.12. The Labute approximate surface area is 111 Å². The highest BCUT2D eigenvalue weighted by Crippen LogP contribution is 2.27. The quantitative estimate of drug-likeness (QED) is 0.583. The number of carbonyl (C=O) groups excluding carboxylic acids is 1. The van der Waals surface area contributed by atoms with Gasteiger partial charge in [0.25, 0.3) is 0 Å². The van der Waals surface area contributed by atoms with Gasteiger partial charge in [0, 0.05) is 28.8 Å². The fourth-order valence-electron chi connectivity index (χ4n) is 1.39. The molecule has 0 spiro atoms. The largest absolute Gasteiger partial charge is 0.434 e. The van der Waals surface area contributed by atoms with Crippen LogP contribution in [0.2, 0.25) is 0 Å². The van der Waals surface area contributed by atoms with Crippen LogP contribution in [-0.4, -0.2) is 18.3 Å². The molecule has 0 saturated heterocycles. The number of alkyl halides is 4. The Balaban J connectivity index is 3.09. The summed E-state index contributed by atoms with van der Waals surface area (Å²) in [6.07, 6.45) is 0.166. The Morgan fingerprint density at radius 3 is 2.71 bits per heavy atom. The Morgan fingerprint density at radius 1 is 1.47 bits per heavy atom. The van der Waals surface area contributed by atoms with Gasteiger partial charge in [0.2, 0.25) is 0 Å². The zero-order valence-corrected chi connectivity index (χ0v) is 11.1. The number of ketones is 1. The van der Waals surface area contributed by atoms with Gasteiger partial charge in [-0.15, -0.1) is 11.6 Å². The van der Waals surface area contributed by atoms with Crippen molar-refractivity contribution in [2.75, 3.05) is 5.88 Å². The summed E-state index contributed by atoms with van der Waals surface area (Å²) in [5, 5.41) is 0.263. The Hall–Kier alpha value is -0.680. The molecule has 0 atom stereocenters. The molecule has 0 heterocycles. The molecule has 0 fully saturated rings. The summed E-state index contributed by atoms with van der Waals surface area (Å²) in [6.45, 7) is -2.91. The molecule has 6 heteroatoms. The van der Waals surface area contributed by atoms with Crippen LogP contribution >= 0.6 is 27.5 Å². The van der Waals surface area contributed by atoms with Crippen molar-refractivity contribution in [2.24, 2.45) is 0 Å². The van der Waals surface area contributed by atoms with Crippen LogP contribution in [0.4, 0.5) is 8.78 Å². The number of benzene rings is 1. The molecule has 0 aliphatic heterocycles. The topological polar surface area (TPSA) is 26.3 Å². The zero-order valence-electron chi connectivity index (χ0n) is 8.76. The maximum atomic E-state index is 12.2. The van der Waals surface area contributed by atoms with Gasteiger partial charge in [-0.1, -0.05) is 28.1 Å². The molecular weight excluding hydrogens is 317 g/mol. The smallest absolute Gasteiger partial charge is 0.387 e. The Morgan fingerprint density at radius 2 is 2.18 bits per heavy atom. The van der Waals surface area contributed by atoms with E-state index in [9.17, 15) is 13.6 Å². The van der Waals surface area contributed by atoms with Crippen molar-refractivity contribution in [2.45, 2.75) is 18.4 Å². The van der Waals surface area contributed by atoms with Gasteiger partial charge in [0.05, 0.1) is 0 Å². The lowest BCUT2D eigenvalue weighted by molar-refractivity contribution is -0.0503. The first kappa shape index (κ1) is 14.4. The van der Waals surface area contributed by atoms with E-state index in [0.29, 0.717) is 11.1 Å². The first-order valence-corrected chi connectivity index (χ1v) is 6.47. The van der Waals surface area contributed by atoms with E-state index in [1.54, 1.807) is 6.07 Å². The number of Topliss-reactive ketones (excluding diaryl/α,β-unsaturated/α-hetero) is 1. The highest BCUT2D eigenvalue weighted by molar-refractivity contribution is 9.08. The third-order valence-corrected chi connectivity index (χ3v) is 2.85. The number of ether oxygens (including phenoxy) is 1. The van der Waals surface area contributed by atoms with E-state index < -0.39 is 6.61 Å². The minimum Gasteiger partial charge on any atom is -0.434 e. The summed E-state index contributed by atoms with van der Waals surface area (Å²) in [5.41, 5.74) is 0.781. The van der Waals surface area contributed by atoms with Crippen LogP contribution in [0, 0.1) is 0 Å². The molecule has 1 rings (SSSR count). The van der Waals surface area contributed by atoms with Gasteiger partial charge in [-0.05, 0) is 6.07 Å². The molecule has 2 nitrogen and oxygen atoms in total. The summed E-state index contributed by atoms with van der Waals surface area (Å²) in [6, 6.07) is 4.48. The normalized spacial score (nSPS) is 10.6. The monoisotopic (exact) mass is 326 g/mol. The highest BCUT2D eigenvalue weighted by atomic mass is 79.9. The van der Waals surface area contributed by atoms with Crippen LogP contribution in [0.3, 0.4) is 0 Å². The van der Waals surface area contributed by atoms with E-state index in [0.717, 1.165) is 0 Å². The van der Waals surface area contributed by atoms with E-state index in [-0.39, 0.29) is 29.2 Å². The van der Waals surface area contributed by atoms with Gasteiger partial charge in [0.15, 0.2) is 5.78 Å². The van der Waals surface area contributed by atoms with Crippen LogP contribution in [0.15, 0.2) is 18.2 Å². The van der Waals surface area contributed by atoms with Crippen molar-refractivity contribution in [1.82, 2.24) is 0 Å². The van der Waals surface area contributed by atoms with E-state index in [1.165, 1.54) is 12.1 Å². The summed E-state index contributed by atoms with van der Waals surface area (Å²) in [7, 11) is 0. The third-order valence-electron chi connectivity index (χ3n) is 2.10. The zero-order chi connectivity index (χ0) is 12.8. The van der Waals surface area contributed by atoms with E-state index >= 15 is 0 Å². The summed E-state index contributed by atoms with van der Waals surface area (Å²) in [5.74, 6) is 0.0204. The third kappa shape index (κ3) is 3.92. The summed E-state index contributed by atoms with van der Waals surface area (Å²) < 4.78 is 28.7. The molecule has 17 heavy (non-hydrogen) atoms. The number of hydrogen-bond acceptors (Lipinski definition) is 2. The van der Waals surface area contributed by atoms with Crippen LogP contribution in [-0.2, 0) is 5.33 Å². The van der Waals surface area contributed by atoms with Crippen molar-refractivity contribution in [3.8, 4) is 5.75 Å². The molecule has 1 aromatic carbocycles. The average molecular weight is 328 g/mol. The number of halogens is 4. The van der Waals surface area contributed by atoms with Crippen molar-refractivity contribution in [3.05, 3.63) is 29.3 Å². The van der Waals surface area contributed by atoms with Crippen LogP contribution < -0.4 is 4.74 Å². The SMILES string of the molecule is O=C(CCCl)c1cccc(OC(F)F)c1CBr. The van der Waals surface area contributed by atoms with Gasteiger partial charge in [-0.2, -0.15) is 8.78 Å². The second kappa shape index (κ2) is 6.91. The minimum absolute atomic E-state index is 0.0114. The van der Waals surface area contributed by atoms with Crippen molar-refractivity contribution in [1.29, 1.82) is 0 Å². The molecule has 1 aromatic rings. The molecule has 0 unspecified atom stereocenters. The Bertz CT molecular complexity index is 399. The van der Waals surface area contributed by atoms with E-state index in [2.05, 4.69) is 20.7 Å². The second-order valence-electron chi connectivity index (χ2n) is 3.16. The fraction of sp³-hybridized carbons (Fsp3) is 0.364. The Kier molecular flexibility index (Phi) is 5.85. The lowest BCUT2D eigenvalue weighted by atomic mass is 10.0. The van der Waals surface area contributed by atoms with Gasteiger partial charge in [0.1, 0.15) is 5.75 Å². The van der Waals surface area contributed by atoms with E-state index in [4.69, 9.17) is 11.6 Å². The lowest BCUT2D eigenvalue weighted by Crippen LogP contribution is -2.09. The molecule has 0 bridgehead atoms. The van der Waals surface area contributed by atoms with Gasteiger partial charge < -0.3 is 4.74 Å². The molecule has 0 saturated carbocycles. The molecule has 0 aliphatic rings. The number of hydrogen-bond donors (Lipinski definition) is 0. The second-order valence-corrected chi connectivity index (χ2v) is 4.10. The number of rotatable bonds is 6. The van der Waals surface area contributed by atoms with Crippen molar-refractivity contribution in [3.63, 3.8) is 0 Å². The van der Waals surface area contributed by atoms with Crippen LogP contribution in [0.1, 0.15) is 22.3 Å². The molecule has 94 valence electrons. The molecule has 0 N–H and O–H groups in total. The van der Waals surface area contributed by atoms with Crippen LogP contribution in [0.5, 0.6) is 5.75 Å². The highest BCUT2D eigenvalue weighted by Gasteiger charge is 2.16.